The number of halogens is 2. The van der Waals surface area contributed by atoms with Crippen LogP contribution in [0.15, 0.2) is 18.2 Å². The summed E-state index contributed by atoms with van der Waals surface area (Å²) in [7, 11) is 0. The molecule has 0 heterocycles. The van der Waals surface area contributed by atoms with Crippen LogP contribution < -0.4 is 0 Å². The predicted octanol–water partition coefficient (Wildman–Crippen LogP) is 3.95. The van der Waals surface area contributed by atoms with Gasteiger partial charge in [0.1, 0.15) is 11.6 Å². The van der Waals surface area contributed by atoms with Crippen LogP contribution in [0.1, 0.15) is 31.4 Å². The number of benzene rings is 1. The first-order valence-corrected chi connectivity index (χ1v) is 4.80. The summed E-state index contributed by atoms with van der Waals surface area (Å²) >= 11 is 0. The van der Waals surface area contributed by atoms with Crippen LogP contribution in [0.25, 0.3) is 6.08 Å². The molecule has 0 radical (unpaired) electrons. The standard InChI is InChI=1S/C12H14F2/c1-3-5-9-10(6-4-2)12(14)8-7-11(9)13/h3,5,7-8H,4,6H2,1-2H3/b5-3-. The van der Waals surface area contributed by atoms with E-state index in [0.29, 0.717) is 17.5 Å². The van der Waals surface area contributed by atoms with E-state index < -0.39 is 0 Å². The molecule has 76 valence electrons. The third-order valence-electron chi connectivity index (χ3n) is 2.08. The zero-order valence-corrected chi connectivity index (χ0v) is 8.48. The Morgan fingerprint density at radius 1 is 1.21 bits per heavy atom. The maximum Gasteiger partial charge on any atom is 0.130 e. The molecular formula is C12H14F2. The maximum atomic E-state index is 13.3. The summed E-state index contributed by atoms with van der Waals surface area (Å²) in [6, 6.07) is 2.36. The lowest BCUT2D eigenvalue weighted by molar-refractivity contribution is 0.581. The summed E-state index contributed by atoms with van der Waals surface area (Å²) in [6.07, 6.45) is 4.72. The number of allylic oxidation sites excluding steroid dienone is 1. The lowest BCUT2D eigenvalue weighted by Crippen LogP contribution is -1.97. The van der Waals surface area contributed by atoms with Crippen molar-refractivity contribution in [3.63, 3.8) is 0 Å². The second-order valence-electron chi connectivity index (χ2n) is 3.17. The Morgan fingerprint density at radius 2 is 1.86 bits per heavy atom. The van der Waals surface area contributed by atoms with Crippen molar-refractivity contribution in [2.45, 2.75) is 26.7 Å². The molecule has 1 aromatic rings. The smallest absolute Gasteiger partial charge is 0.130 e. The first-order valence-electron chi connectivity index (χ1n) is 4.80. The lowest BCUT2D eigenvalue weighted by atomic mass is 10.0. The van der Waals surface area contributed by atoms with E-state index >= 15 is 0 Å². The van der Waals surface area contributed by atoms with Gasteiger partial charge < -0.3 is 0 Å². The van der Waals surface area contributed by atoms with Crippen molar-refractivity contribution < 1.29 is 8.78 Å². The van der Waals surface area contributed by atoms with Crippen molar-refractivity contribution in [3.05, 3.63) is 41.0 Å². The van der Waals surface area contributed by atoms with Gasteiger partial charge in [0, 0.05) is 5.56 Å². The van der Waals surface area contributed by atoms with Crippen molar-refractivity contribution in [1.29, 1.82) is 0 Å². The summed E-state index contributed by atoms with van der Waals surface area (Å²) < 4.78 is 26.7. The Morgan fingerprint density at radius 3 is 2.43 bits per heavy atom. The van der Waals surface area contributed by atoms with Crippen molar-refractivity contribution in [2.75, 3.05) is 0 Å². The van der Waals surface area contributed by atoms with Crippen molar-refractivity contribution in [2.24, 2.45) is 0 Å². The fourth-order valence-electron chi connectivity index (χ4n) is 1.46. The van der Waals surface area contributed by atoms with E-state index in [1.165, 1.54) is 12.1 Å². The largest absolute Gasteiger partial charge is 0.207 e. The highest BCUT2D eigenvalue weighted by Gasteiger charge is 2.09. The van der Waals surface area contributed by atoms with Gasteiger partial charge >= 0.3 is 0 Å². The minimum absolute atomic E-state index is 0.318. The second-order valence-corrected chi connectivity index (χ2v) is 3.17. The van der Waals surface area contributed by atoms with Crippen LogP contribution in [-0.4, -0.2) is 0 Å². The zero-order chi connectivity index (χ0) is 10.6. The van der Waals surface area contributed by atoms with Crippen LogP contribution in [0.3, 0.4) is 0 Å². The van der Waals surface area contributed by atoms with Crippen molar-refractivity contribution in [1.82, 2.24) is 0 Å². The Kier molecular flexibility index (Phi) is 3.81. The molecule has 0 aliphatic carbocycles. The fraction of sp³-hybridized carbons (Fsp3) is 0.333. The summed E-state index contributed by atoms with van der Waals surface area (Å²) in [6.45, 7) is 3.74. The number of hydrogen-bond donors (Lipinski definition) is 0. The molecule has 0 atom stereocenters. The third kappa shape index (κ3) is 2.19. The highest BCUT2D eigenvalue weighted by Crippen LogP contribution is 2.20. The first kappa shape index (κ1) is 10.9. The van der Waals surface area contributed by atoms with Gasteiger partial charge in [0.2, 0.25) is 0 Å². The van der Waals surface area contributed by atoms with Gasteiger partial charge in [-0.25, -0.2) is 8.78 Å². The van der Waals surface area contributed by atoms with Gasteiger partial charge in [-0.2, -0.15) is 0 Å². The van der Waals surface area contributed by atoms with E-state index in [4.69, 9.17) is 0 Å². The predicted molar refractivity (Wildman–Crippen MR) is 55.1 cm³/mol. The molecule has 0 unspecified atom stereocenters. The molecule has 0 saturated carbocycles. The molecule has 0 saturated heterocycles. The molecule has 0 N–H and O–H groups in total. The van der Waals surface area contributed by atoms with Gasteiger partial charge in [-0.15, -0.1) is 0 Å². The van der Waals surface area contributed by atoms with Crippen LogP contribution >= 0.6 is 0 Å². The van der Waals surface area contributed by atoms with Gasteiger partial charge in [-0.05, 0) is 31.0 Å². The van der Waals surface area contributed by atoms with Crippen molar-refractivity contribution in [3.8, 4) is 0 Å². The second kappa shape index (κ2) is 4.89. The number of hydrogen-bond acceptors (Lipinski definition) is 0. The van der Waals surface area contributed by atoms with E-state index in [9.17, 15) is 8.78 Å². The zero-order valence-electron chi connectivity index (χ0n) is 8.48. The summed E-state index contributed by atoms with van der Waals surface area (Å²) in [5.74, 6) is -0.672. The maximum absolute atomic E-state index is 13.3. The molecule has 0 nitrogen and oxygen atoms in total. The molecule has 0 aliphatic heterocycles. The minimum atomic E-state index is -0.354. The lowest BCUT2D eigenvalue weighted by Gasteiger charge is -2.07. The molecule has 0 amide bonds. The van der Waals surface area contributed by atoms with Crippen LogP contribution in [0.4, 0.5) is 8.78 Å². The Bertz CT molecular complexity index is 340. The molecule has 2 heteroatoms. The minimum Gasteiger partial charge on any atom is -0.207 e. The van der Waals surface area contributed by atoms with Gasteiger partial charge in [0.15, 0.2) is 0 Å². The molecule has 0 spiro atoms. The van der Waals surface area contributed by atoms with E-state index in [2.05, 4.69) is 0 Å². The van der Waals surface area contributed by atoms with E-state index in [1.807, 2.05) is 6.92 Å². The van der Waals surface area contributed by atoms with Crippen LogP contribution in [0.5, 0.6) is 0 Å². The topological polar surface area (TPSA) is 0 Å². The molecule has 0 aliphatic rings. The molecule has 14 heavy (non-hydrogen) atoms. The van der Waals surface area contributed by atoms with Crippen LogP contribution in [-0.2, 0) is 6.42 Å². The highest BCUT2D eigenvalue weighted by molar-refractivity contribution is 5.54. The third-order valence-corrected chi connectivity index (χ3v) is 2.08. The Balaban J connectivity index is 3.26. The number of rotatable bonds is 3. The molecule has 0 aromatic heterocycles. The van der Waals surface area contributed by atoms with Crippen molar-refractivity contribution >= 4 is 6.08 Å². The normalized spacial score (nSPS) is 11.1. The molecule has 0 bridgehead atoms. The average Bonchev–Trinajstić information content (AvgIpc) is 2.17. The fourth-order valence-corrected chi connectivity index (χ4v) is 1.46. The van der Waals surface area contributed by atoms with E-state index in [-0.39, 0.29) is 11.6 Å². The summed E-state index contributed by atoms with van der Waals surface area (Å²) in [4.78, 5) is 0. The summed E-state index contributed by atoms with van der Waals surface area (Å²) in [5, 5.41) is 0. The van der Waals surface area contributed by atoms with Gasteiger partial charge in [0.05, 0.1) is 0 Å². The van der Waals surface area contributed by atoms with E-state index in [1.54, 1.807) is 19.1 Å². The SMILES string of the molecule is C/C=C\c1c(F)ccc(F)c1CCC. The van der Waals surface area contributed by atoms with E-state index in [0.717, 1.165) is 6.42 Å². The van der Waals surface area contributed by atoms with Crippen LogP contribution in [0, 0.1) is 11.6 Å². The van der Waals surface area contributed by atoms with Gasteiger partial charge in [0.25, 0.3) is 0 Å². The molecule has 0 fully saturated rings. The van der Waals surface area contributed by atoms with Gasteiger partial charge in [-0.1, -0.05) is 25.5 Å². The average molecular weight is 196 g/mol. The van der Waals surface area contributed by atoms with Gasteiger partial charge in [-0.3, -0.25) is 0 Å². The van der Waals surface area contributed by atoms with Crippen LogP contribution in [0.2, 0.25) is 0 Å². The highest BCUT2D eigenvalue weighted by atomic mass is 19.1. The Hall–Kier alpha value is -1.18. The summed E-state index contributed by atoms with van der Waals surface area (Å²) in [5.41, 5.74) is 0.861. The molecular weight excluding hydrogens is 182 g/mol. The monoisotopic (exact) mass is 196 g/mol. The molecule has 1 aromatic carbocycles. The molecule has 1 rings (SSSR count). The first-order chi connectivity index (χ1) is 6.70. The Labute approximate surface area is 83.3 Å². The quantitative estimate of drug-likeness (QED) is 0.686.